The van der Waals surface area contributed by atoms with Gasteiger partial charge in [0.25, 0.3) is 5.91 Å². The number of hydrogen-bond donors (Lipinski definition) is 2. The maximum Gasteiger partial charge on any atom is 0.251 e. The molecule has 1 aromatic carbocycles. The van der Waals surface area contributed by atoms with E-state index in [0.29, 0.717) is 12.1 Å². The van der Waals surface area contributed by atoms with Crippen molar-refractivity contribution in [2.45, 2.75) is 32.9 Å². The van der Waals surface area contributed by atoms with Crippen molar-refractivity contribution >= 4 is 11.8 Å². The van der Waals surface area contributed by atoms with Gasteiger partial charge in [-0.05, 0) is 37.7 Å². The molecule has 0 saturated heterocycles. The van der Waals surface area contributed by atoms with E-state index in [9.17, 15) is 9.59 Å². The first-order valence-electron chi connectivity index (χ1n) is 7.32. The molecule has 2 N–H and O–H groups in total. The molecule has 0 aliphatic heterocycles. The third-order valence-electron chi connectivity index (χ3n) is 3.60. The van der Waals surface area contributed by atoms with Crippen LogP contribution in [0.3, 0.4) is 0 Å². The maximum atomic E-state index is 12.2. The fourth-order valence-electron chi connectivity index (χ4n) is 2.19. The molecule has 0 aliphatic carbocycles. The molecule has 0 saturated carbocycles. The van der Waals surface area contributed by atoms with Gasteiger partial charge in [0.05, 0.1) is 6.04 Å². The Kier molecular flexibility index (Phi) is 6.88. The number of nitrogens with zero attached hydrogens (tertiary/aromatic N) is 1. The van der Waals surface area contributed by atoms with E-state index < -0.39 is 0 Å². The molecule has 5 heteroatoms. The number of hydrogen-bond acceptors (Lipinski definition) is 3. The van der Waals surface area contributed by atoms with Crippen molar-refractivity contribution < 1.29 is 9.59 Å². The van der Waals surface area contributed by atoms with Crippen molar-refractivity contribution in [3.8, 4) is 0 Å². The lowest BCUT2D eigenvalue weighted by Crippen LogP contribution is -2.44. The molecule has 5 nitrogen and oxygen atoms in total. The monoisotopic (exact) mass is 291 g/mol. The SMILES string of the molecule is CCC(C(=O)NCc1cccc(C(=O)NC)c1)N(C)CC. The van der Waals surface area contributed by atoms with Gasteiger partial charge in [0, 0.05) is 19.2 Å². The first-order valence-corrected chi connectivity index (χ1v) is 7.32. The summed E-state index contributed by atoms with van der Waals surface area (Å²) < 4.78 is 0. The van der Waals surface area contributed by atoms with E-state index in [2.05, 4.69) is 10.6 Å². The van der Waals surface area contributed by atoms with E-state index in [0.717, 1.165) is 18.5 Å². The minimum Gasteiger partial charge on any atom is -0.355 e. The standard InChI is InChI=1S/C16H25N3O2/c1-5-14(19(4)6-2)16(21)18-11-12-8-7-9-13(10-12)15(20)17-3/h7-10,14H,5-6,11H2,1-4H3,(H,17,20)(H,18,21). The number of likely N-dealkylation sites (N-methyl/N-ethyl adjacent to an activating group) is 1. The van der Waals surface area contributed by atoms with Crippen LogP contribution in [0.15, 0.2) is 24.3 Å². The maximum absolute atomic E-state index is 12.2. The van der Waals surface area contributed by atoms with Crippen LogP contribution in [-0.4, -0.2) is 43.4 Å². The van der Waals surface area contributed by atoms with Gasteiger partial charge in [0.1, 0.15) is 0 Å². The van der Waals surface area contributed by atoms with Crippen LogP contribution in [0.5, 0.6) is 0 Å². The molecule has 21 heavy (non-hydrogen) atoms. The number of carbonyl (C=O) groups is 2. The number of carbonyl (C=O) groups excluding carboxylic acids is 2. The minimum atomic E-state index is -0.125. The molecule has 1 rings (SSSR count). The molecule has 1 aromatic rings. The predicted molar refractivity (Wildman–Crippen MR) is 84.1 cm³/mol. The number of nitrogens with one attached hydrogen (secondary N) is 2. The molecular formula is C16H25N3O2. The zero-order valence-corrected chi connectivity index (χ0v) is 13.3. The Morgan fingerprint density at radius 1 is 1.29 bits per heavy atom. The van der Waals surface area contributed by atoms with E-state index >= 15 is 0 Å². The highest BCUT2D eigenvalue weighted by atomic mass is 16.2. The molecule has 0 heterocycles. The fraction of sp³-hybridized carbons (Fsp3) is 0.500. The molecule has 0 bridgehead atoms. The lowest BCUT2D eigenvalue weighted by molar-refractivity contribution is -0.126. The number of benzene rings is 1. The van der Waals surface area contributed by atoms with Gasteiger partial charge < -0.3 is 10.6 Å². The van der Waals surface area contributed by atoms with Gasteiger partial charge >= 0.3 is 0 Å². The summed E-state index contributed by atoms with van der Waals surface area (Å²) in [6.07, 6.45) is 0.772. The Balaban J connectivity index is 2.66. The normalized spacial score (nSPS) is 12.0. The zero-order valence-electron chi connectivity index (χ0n) is 13.3. The predicted octanol–water partition coefficient (Wildman–Crippen LogP) is 1.39. The molecule has 1 unspecified atom stereocenters. The molecule has 0 fully saturated rings. The topological polar surface area (TPSA) is 61.4 Å². The van der Waals surface area contributed by atoms with Crippen LogP contribution in [0.2, 0.25) is 0 Å². The van der Waals surface area contributed by atoms with Crippen LogP contribution in [0, 0.1) is 0 Å². The van der Waals surface area contributed by atoms with E-state index in [-0.39, 0.29) is 17.9 Å². The Morgan fingerprint density at radius 2 is 2.00 bits per heavy atom. The first-order chi connectivity index (χ1) is 10.0. The summed E-state index contributed by atoms with van der Waals surface area (Å²) in [6.45, 7) is 5.29. The number of rotatable bonds is 7. The van der Waals surface area contributed by atoms with Crippen molar-refractivity contribution in [2.75, 3.05) is 20.6 Å². The Labute approximate surface area is 126 Å². The van der Waals surface area contributed by atoms with E-state index in [1.807, 2.05) is 37.9 Å². The molecule has 0 radical (unpaired) electrons. The van der Waals surface area contributed by atoms with Gasteiger partial charge in [-0.25, -0.2) is 0 Å². The Hall–Kier alpha value is -1.88. The molecule has 0 spiro atoms. The fourth-order valence-corrected chi connectivity index (χ4v) is 2.19. The summed E-state index contributed by atoms with van der Waals surface area (Å²) in [4.78, 5) is 25.8. The Bertz CT molecular complexity index is 488. The molecule has 1 atom stereocenters. The van der Waals surface area contributed by atoms with Gasteiger partial charge in [-0.2, -0.15) is 0 Å². The van der Waals surface area contributed by atoms with Crippen LogP contribution in [0.4, 0.5) is 0 Å². The average Bonchev–Trinajstić information content (AvgIpc) is 2.52. The van der Waals surface area contributed by atoms with E-state index in [4.69, 9.17) is 0 Å². The largest absolute Gasteiger partial charge is 0.355 e. The van der Waals surface area contributed by atoms with Gasteiger partial charge in [-0.1, -0.05) is 26.0 Å². The Morgan fingerprint density at radius 3 is 2.57 bits per heavy atom. The van der Waals surface area contributed by atoms with Crippen LogP contribution >= 0.6 is 0 Å². The second kappa shape index (κ2) is 8.42. The molecule has 2 amide bonds. The van der Waals surface area contributed by atoms with E-state index in [1.165, 1.54) is 0 Å². The van der Waals surface area contributed by atoms with Crippen molar-refractivity contribution in [3.05, 3.63) is 35.4 Å². The molecule has 116 valence electrons. The second-order valence-electron chi connectivity index (χ2n) is 4.99. The average molecular weight is 291 g/mol. The highest BCUT2D eigenvalue weighted by Gasteiger charge is 2.19. The van der Waals surface area contributed by atoms with Gasteiger partial charge in [-0.15, -0.1) is 0 Å². The summed E-state index contributed by atoms with van der Waals surface area (Å²) in [6, 6.07) is 7.16. The van der Waals surface area contributed by atoms with Crippen LogP contribution in [-0.2, 0) is 11.3 Å². The summed E-state index contributed by atoms with van der Waals surface area (Å²) in [7, 11) is 3.54. The van der Waals surface area contributed by atoms with Crippen molar-refractivity contribution in [3.63, 3.8) is 0 Å². The smallest absolute Gasteiger partial charge is 0.251 e. The highest BCUT2D eigenvalue weighted by Crippen LogP contribution is 2.06. The summed E-state index contributed by atoms with van der Waals surface area (Å²) in [5.41, 5.74) is 1.51. The van der Waals surface area contributed by atoms with Crippen molar-refractivity contribution in [2.24, 2.45) is 0 Å². The van der Waals surface area contributed by atoms with E-state index in [1.54, 1.807) is 19.2 Å². The lowest BCUT2D eigenvalue weighted by atomic mass is 10.1. The summed E-state index contributed by atoms with van der Waals surface area (Å²) in [5.74, 6) is -0.104. The van der Waals surface area contributed by atoms with Gasteiger partial charge in [0.2, 0.25) is 5.91 Å². The van der Waals surface area contributed by atoms with Gasteiger partial charge in [-0.3, -0.25) is 14.5 Å². The quantitative estimate of drug-likeness (QED) is 0.798. The highest BCUT2D eigenvalue weighted by molar-refractivity contribution is 5.94. The van der Waals surface area contributed by atoms with Crippen LogP contribution in [0.25, 0.3) is 0 Å². The number of amides is 2. The van der Waals surface area contributed by atoms with Gasteiger partial charge in [0.15, 0.2) is 0 Å². The minimum absolute atomic E-state index is 0.0206. The third-order valence-corrected chi connectivity index (χ3v) is 3.60. The second-order valence-corrected chi connectivity index (χ2v) is 4.99. The van der Waals surface area contributed by atoms with Crippen molar-refractivity contribution in [1.82, 2.24) is 15.5 Å². The molecule has 0 aromatic heterocycles. The van der Waals surface area contributed by atoms with Crippen molar-refractivity contribution in [1.29, 1.82) is 0 Å². The summed E-state index contributed by atoms with van der Waals surface area (Å²) in [5, 5.41) is 5.53. The first kappa shape index (κ1) is 17.2. The third kappa shape index (κ3) is 4.86. The zero-order chi connectivity index (χ0) is 15.8. The lowest BCUT2D eigenvalue weighted by Gasteiger charge is -2.24. The molecule has 0 aliphatic rings. The van der Waals surface area contributed by atoms with Crippen LogP contribution < -0.4 is 10.6 Å². The summed E-state index contributed by atoms with van der Waals surface area (Å²) >= 11 is 0. The van der Waals surface area contributed by atoms with Crippen LogP contribution in [0.1, 0.15) is 36.2 Å². The molecular weight excluding hydrogens is 266 g/mol.